The first-order chi connectivity index (χ1) is 11.1. The number of ether oxygens (including phenoxy) is 1. The van der Waals surface area contributed by atoms with Crippen molar-refractivity contribution in [1.82, 2.24) is 14.8 Å². The Hall–Kier alpha value is -1.44. The van der Waals surface area contributed by atoms with Gasteiger partial charge in [0.2, 0.25) is 0 Å². The number of aliphatic hydroxyl groups is 1. The van der Waals surface area contributed by atoms with Crippen molar-refractivity contribution in [3.8, 4) is 5.75 Å². The first-order valence-electron chi connectivity index (χ1n) is 7.44. The summed E-state index contributed by atoms with van der Waals surface area (Å²) in [6.45, 7) is 2.86. The monoisotopic (exact) mass is 357 g/mol. The van der Waals surface area contributed by atoms with Crippen molar-refractivity contribution in [2.24, 2.45) is 0 Å². The zero-order valence-corrected chi connectivity index (χ0v) is 14.4. The van der Waals surface area contributed by atoms with Crippen LogP contribution in [0.3, 0.4) is 0 Å². The number of thioether (sulfide) groups is 1. The highest BCUT2D eigenvalue weighted by atomic mass is 35.5. The zero-order valence-electron chi connectivity index (χ0n) is 12.9. The number of benzene rings is 1. The minimum absolute atomic E-state index is 0.165. The first-order valence-corrected chi connectivity index (χ1v) is 8.81. The molecule has 1 unspecified atom stereocenters. The molecule has 0 spiro atoms. The molecule has 0 amide bonds. The van der Waals surface area contributed by atoms with Crippen LogP contribution in [0.2, 0.25) is 5.02 Å². The van der Waals surface area contributed by atoms with Gasteiger partial charge in [-0.3, -0.25) is 4.57 Å². The second kappa shape index (κ2) is 9.00. The Morgan fingerprint density at radius 3 is 2.87 bits per heavy atom. The van der Waals surface area contributed by atoms with Gasteiger partial charge in [-0.25, -0.2) is 9.89 Å². The number of nitrogens with zero attached hydrogens (tertiary/aromatic N) is 2. The van der Waals surface area contributed by atoms with Crippen molar-refractivity contribution in [3.63, 3.8) is 0 Å². The molecule has 6 nitrogen and oxygen atoms in total. The van der Waals surface area contributed by atoms with Crippen LogP contribution in [0.5, 0.6) is 5.75 Å². The van der Waals surface area contributed by atoms with E-state index in [2.05, 4.69) is 17.1 Å². The maximum Gasteiger partial charge on any atom is 0.343 e. The third-order valence-electron chi connectivity index (χ3n) is 3.12. The van der Waals surface area contributed by atoms with E-state index in [0.717, 1.165) is 12.8 Å². The van der Waals surface area contributed by atoms with E-state index in [1.165, 1.54) is 11.8 Å². The molecule has 0 bridgehead atoms. The average molecular weight is 358 g/mol. The van der Waals surface area contributed by atoms with Crippen LogP contribution in [0.25, 0.3) is 0 Å². The number of nitrogens with one attached hydrogen (secondary N) is 1. The number of halogens is 1. The fourth-order valence-corrected chi connectivity index (χ4v) is 2.87. The van der Waals surface area contributed by atoms with E-state index >= 15 is 0 Å². The highest BCUT2D eigenvalue weighted by Gasteiger charge is 2.12. The Kier molecular flexibility index (Phi) is 7.01. The number of aromatic amines is 1. The van der Waals surface area contributed by atoms with Crippen LogP contribution in [0.4, 0.5) is 0 Å². The molecule has 23 heavy (non-hydrogen) atoms. The molecule has 0 aliphatic rings. The van der Waals surface area contributed by atoms with Crippen molar-refractivity contribution in [1.29, 1.82) is 0 Å². The van der Waals surface area contributed by atoms with Gasteiger partial charge in [0.25, 0.3) is 0 Å². The third-order valence-corrected chi connectivity index (χ3v) is 4.49. The van der Waals surface area contributed by atoms with Gasteiger partial charge in [-0.1, -0.05) is 36.7 Å². The lowest BCUT2D eigenvalue weighted by Crippen LogP contribution is -2.21. The Bertz CT molecular complexity index is 657. The minimum Gasteiger partial charge on any atom is -0.491 e. The predicted molar refractivity (Wildman–Crippen MR) is 91.4 cm³/mol. The lowest BCUT2D eigenvalue weighted by molar-refractivity contribution is 0.126. The quantitative estimate of drug-likeness (QED) is 0.674. The molecule has 8 heteroatoms. The molecule has 0 aliphatic carbocycles. The molecule has 2 aromatic rings. The highest BCUT2D eigenvalue weighted by Crippen LogP contribution is 2.18. The van der Waals surface area contributed by atoms with Gasteiger partial charge < -0.3 is 9.84 Å². The minimum atomic E-state index is -0.665. The van der Waals surface area contributed by atoms with Crippen molar-refractivity contribution < 1.29 is 9.84 Å². The number of hydrogen-bond donors (Lipinski definition) is 2. The summed E-state index contributed by atoms with van der Waals surface area (Å²) in [5, 5.41) is 17.7. The van der Waals surface area contributed by atoms with Crippen LogP contribution < -0.4 is 10.4 Å². The van der Waals surface area contributed by atoms with E-state index < -0.39 is 6.10 Å². The van der Waals surface area contributed by atoms with E-state index in [4.69, 9.17) is 16.3 Å². The van der Waals surface area contributed by atoms with Gasteiger partial charge in [-0.15, -0.1) is 5.10 Å². The number of unbranched alkanes of at least 4 members (excludes halogenated alkanes) is 1. The Balaban J connectivity index is 1.81. The molecular formula is C15H20ClN3O3S. The van der Waals surface area contributed by atoms with Gasteiger partial charge in [0.05, 0.1) is 6.10 Å². The third kappa shape index (κ3) is 5.60. The summed E-state index contributed by atoms with van der Waals surface area (Å²) in [5.74, 6) is 1.04. The number of H-pyrrole nitrogens is 1. The molecule has 2 rings (SSSR count). The molecule has 1 aromatic carbocycles. The summed E-state index contributed by atoms with van der Waals surface area (Å²) in [4.78, 5) is 11.7. The summed E-state index contributed by atoms with van der Waals surface area (Å²) in [6, 6.07) is 6.96. The summed E-state index contributed by atoms with van der Waals surface area (Å²) < 4.78 is 7.09. The lowest BCUT2D eigenvalue weighted by atomic mass is 10.3. The maximum absolute atomic E-state index is 11.7. The van der Waals surface area contributed by atoms with Crippen LogP contribution in [0, 0.1) is 0 Å². The van der Waals surface area contributed by atoms with Crippen LogP contribution in [0.1, 0.15) is 19.8 Å². The zero-order chi connectivity index (χ0) is 16.7. The average Bonchev–Trinajstić information content (AvgIpc) is 2.90. The largest absolute Gasteiger partial charge is 0.491 e. The van der Waals surface area contributed by atoms with Gasteiger partial charge in [0.1, 0.15) is 12.4 Å². The normalized spacial score (nSPS) is 12.3. The molecular weight excluding hydrogens is 338 g/mol. The van der Waals surface area contributed by atoms with Crippen LogP contribution in [-0.2, 0) is 6.54 Å². The van der Waals surface area contributed by atoms with Gasteiger partial charge in [0.15, 0.2) is 5.16 Å². The molecule has 2 N–H and O–H groups in total. The van der Waals surface area contributed by atoms with E-state index in [0.29, 0.717) is 28.2 Å². The molecule has 1 heterocycles. The fraction of sp³-hybridized carbons (Fsp3) is 0.467. The standard InChI is InChI=1S/C15H20ClN3O3S/c1-2-3-8-19-14(21)17-18-15(19)23-10-12(20)9-22-13-6-4-11(16)5-7-13/h4-7,12,20H,2-3,8-10H2,1H3,(H,17,21). The SMILES string of the molecule is CCCCn1c(SCC(O)COc2ccc(Cl)cc2)n[nH]c1=O. The Morgan fingerprint density at radius 2 is 2.17 bits per heavy atom. The number of aromatic nitrogens is 3. The van der Waals surface area contributed by atoms with Crippen molar-refractivity contribution in [3.05, 3.63) is 39.8 Å². The van der Waals surface area contributed by atoms with Crippen LogP contribution >= 0.6 is 23.4 Å². The molecule has 1 aromatic heterocycles. The summed E-state index contributed by atoms with van der Waals surface area (Å²) in [6.07, 6.45) is 1.25. The molecule has 0 saturated heterocycles. The Morgan fingerprint density at radius 1 is 1.43 bits per heavy atom. The first kappa shape index (κ1) is 17.9. The van der Waals surface area contributed by atoms with Crippen molar-refractivity contribution in [2.75, 3.05) is 12.4 Å². The lowest BCUT2D eigenvalue weighted by Gasteiger charge is -2.12. The van der Waals surface area contributed by atoms with E-state index in [-0.39, 0.29) is 12.3 Å². The van der Waals surface area contributed by atoms with Crippen molar-refractivity contribution >= 4 is 23.4 Å². The fourth-order valence-electron chi connectivity index (χ4n) is 1.87. The van der Waals surface area contributed by atoms with E-state index in [1.807, 2.05) is 0 Å². The summed E-state index contributed by atoms with van der Waals surface area (Å²) >= 11 is 7.13. The van der Waals surface area contributed by atoms with Crippen molar-refractivity contribution in [2.45, 2.75) is 37.6 Å². The van der Waals surface area contributed by atoms with Gasteiger partial charge in [-0.05, 0) is 30.7 Å². The molecule has 0 radical (unpaired) electrons. The second-order valence-electron chi connectivity index (χ2n) is 5.05. The maximum atomic E-state index is 11.7. The summed E-state index contributed by atoms with van der Waals surface area (Å²) in [7, 11) is 0. The van der Waals surface area contributed by atoms with Crippen LogP contribution in [0.15, 0.2) is 34.2 Å². The number of aliphatic hydroxyl groups excluding tert-OH is 1. The van der Waals surface area contributed by atoms with Crippen LogP contribution in [-0.4, -0.2) is 38.3 Å². The van der Waals surface area contributed by atoms with E-state index in [1.54, 1.807) is 28.8 Å². The van der Waals surface area contributed by atoms with E-state index in [9.17, 15) is 9.90 Å². The molecule has 1 atom stereocenters. The second-order valence-corrected chi connectivity index (χ2v) is 6.47. The summed E-state index contributed by atoms with van der Waals surface area (Å²) in [5.41, 5.74) is -0.215. The Labute approximate surface area is 143 Å². The molecule has 0 aliphatic heterocycles. The number of rotatable bonds is 9. The predicted octanol–water partition coefficient (Wildman–Crippen LogP) is 2.56. The molecule has 0 fully saturated rings. The molecule has 126 valence electrons. The number of hydrogen-bond acceptors (Lipinski definition) is 5. The van der Waals surface area contributed by atoms with Gasteiger partial charge >= 0.3 is 5.69 Å². The highest BCUT2D eigenvalue weighted by molar-refractivity contribution is 7.99. The molecule has 0 saturated carbocycles. The van der Waals surface area contributed by atoms with Gasteiger partial charge in [-0.2, -0.15) is 0 Å². The smallest absolute Gasteiger partial charge is 0.343 e. The topological polar surface area (TPSA) is 80.1 Å². The van der Waals surface area contributed by atoms with Gasteiger partial charge in [0, 0.05) is 17.3 Å².